The molecule has 2 amide bonds. The number of fused-ring (bicyclic) bond motifs is 6. The minimum Gasteiger partial charge on any atom is -0.274 e. The average molecular weight is 538 g/mol. The summed E-state index contributed by atoms with van der Waals surface area (Å²) in [4.78, 5) is 25.7. The summed E-state index contributed by atoms with van der Waals surface area (Å²) in [6.45, 7) is 0. The van der Waals surface area contributed by atoms with Crippen molar-refractivity contribution in [3.63, 3.8) is 0 Å². The standard InChI is InChI=1S/C36H21F2NO2/c37-22-8-13-26-27-14-9-23(38)19-32(27)36(31(26)18-22)29-12-7-21-17-30(25-3-1-2-4-28(25)35(21)29)20-5-10-24(11-6-20)39-33(40)15-16-34(39)41/h1-14,17-19H,15-16H2. The summed E-state index contributed by atoms with van der Waals surface area (Å²) in [6.07, 6.45) is 4.58. The number of nitrogens with zero attached hydrogens (tertiary/aromatic N) is 1. The van der Waals surface area contributed by atoms with Crippen molar-refractivity contribution in [1.82, 2.24) is 0 Å². The smallest absolute Gasteiger partial charge is 0.234 e. The van der Waals surface area contributed by atoms with Crippen LogP contribution in [0.15, 0.2) is 97.1 Å². The Hall–Kier alpha value is -5.16. The van der Waals surface area contributed by atoms with E-state index in [1.165, 1.54) is 29.2 Å². The van der Waals surface area contributed by atoms with E-state index in [1.54, 1.807) is 12.1 Å². The number of hydrogen-bond donors (Lipinski definition) is 0. The van der Waals surface area contributed by atoms with Crippen LogP contribution in [0.2, 0.25) is 0 Å². The molecule has 5 aromatic carbocycles. The van der Waals surface area contributed by atoms with Crippen LogP contribution < -0.4 is 4.90 Å². The van der Waals surface area contributed by atoms with E-state index in [0.29, 0.717) is 5.69 Å². The van der Waals surface area contributed by atoms with Gasteiger partial charge in [0.1, 0.15) is 11.6 Å². The van der Waals surface area contributed by atoms with E-state index in [4.69, 9.17) is 0 Å². The molecule has 1 saturated heterocycles. The Kier molecular flexibility index (Phi) is 5.01. The average Bonchev–Trinajstić information content (AvgIpc) is 3.64. The number of rotatable bonds is 2. The first-order valence-electron chi connectivity index (χ1n) is 13.5. The summed E-state index contributed by atoms with van der Waals surface area (Å²) in [7, 11) is 0. The maximum atomic E-state index is 14.5. The van der Waals surface area contributed by atoms with E-state index in [2.05, 4.69) is 24.3 Å². The van der Waals surface area contributed by atoms with Gasteiger partial charge in [-0.05, 0) is 109 Å². The minimum atomic E-state index is -0.335. The molecule has 0 saturated carbocycles. The third-order valence-electron chi connectivity index (χ3n) is 8.32. The summed E-state index contributed by atoms with van der Waals surface area (Å²) >= 11 is 0. The molecule has 0 atom stereocenters. The van der Waals surface area contributed by atoms with Crippen LogP contribution >= 0.6 is 0 Å². The lowest BCUT2D eigenvalue weighted by molar-refractivity contribution is -0.121. The highest BCUT2D eigenvalue weighted by Gasteiger charge is 2.31. The highest BCUT2D eigenvalue weighted by atomic mass is 19.1. The Morgan fingerprint density at radius 3 is 1.83 bits per heavy atom. The second kappa shape index (κ2) is 8.67. The summed E-state index contributed by atoms with van der Waals surface area (Å²) < 4.78 is 29.1. The molecule has 1 fully saturated rings. The molecule has 1 heterocycles. The predicted molar refractivity (Wildman–Crippen MR) is 158 cm³/mol. The van der Waals surface area contributed by atoms with Crippen molar-refractivity contribution >= 4 is 45.5 Å². The van der Waals surface area contributed by atoms with E-state index in [1.807, 2.05) is 42.5 Å². The first-order chi connectivity index (χ1) is 20.0. The van der Waals surface area contributed by atoms with E-state index < -0.39 is 0 Å². The molecule has 2 aliphatic carbocycles. The lowest BCUT2D eigenvalue weighted by Crippen LogP contribution is -2.28. The molecular formula is C36H21F2NO2. The van der Waals surface area contributed by atoms with E-state index in [-0.39, 0.29) is 36.3 Å². The third-order valence-corrected chi connectivity index (χ3v) is 8.32. The van der Waals surface area contributed by atoms with Crippen LogP contribution in [0.1, 0.15) is 35.1 Å². The molecular weight excluding hydrogens is 516 g/mol. The van der Waals surface area contributed by atoms with Gasteiger partial charge in [-0.3, -0.25) is 14.5 Å². The number of carbonyl (C=O) groups is 2. The van der Waals surface area contributed by atoms with Gasteiger partial charge in [-0.2, -0.15) is 0 Å². The number of allylic oxidation sites excluding steroid dienone is 2. The van der Waals surface area contributed by atoms with Crippen molar-refractivity contribution in [3.8, 4) is 22.3 Å². The van der Waals surface area contributed by atoms with Gasteiger partial charge < -0.3 is 0 Å². The fraction of sp³-hybridized carbons (Fsp3) is 0.0556. The van der Waals surface area contributed by atoms with Gasteiger partial charge in [0.25, 0.3) is 0 Å². The number of anilines is 1. The van der Waals surface area contributed by atoms with Crippen LogP contribution in [-0.4, -0.2) is 11.8 Å². The topological polar surface area (TPSA) is 37.4 Å². The van der Waals surface area contributed by atoms with Gasteiger partial charge in [-0.15, -0.1) is 0 Å². The first kappa shape index (κ1) is 23.7. The molecule has 0 bridgehead atoms. The van der Waals surface area contributed by atoms with E-state index in [9.17, 15) is 18.4 Å². The van der Waals surface area contributed by atoms with Crippen LogP contribution in [0.5, 0.6) is 0 Å². The molecule has 0 aromatic heterocycles. The molecule has 0 spiro atoms. The molecule has 41 heavy (non-hydrogen) atoms. The number of amides is 2. The molecule has 8 rings (SSSR count). The van der Waals surface area contributed by atoms with Gasteiger partial charge in [-0.1, -0.05) is 60.7 Å². The number of carbonyl (C=O) groups excluding carboxylic acids is 2. The molecule has 5 aromatic rings. The Morgan fingerprint density at radius 2 is 1.20 bits per heavy atom. The zero-order chi connectivity index (χ0) is 27.8. The highest BCUT2D eigenvalue weighted by Crippen LogP contribution is 2.51. The molecule has 0 N–H and O–H groups in total. The van der Waals surface area contributed by atoms with Crippen LogP contribution in [0.25, 0.3) is 50.2 Å². The van der Waals surface area contributed by atoms with Crippen molar-refractivity contribution in [2.24, 2.45) is 0 Å². The van der Waals surface area contributed by atoms with Crippen molar-refractivity contribution in [1.29, 1.82) is 0 Å². The maximum absolute atomic E-state index is 14.5. The summed E-state index contributed by atoms with van der Waals surface area (Å²) in [5.74, 6) is -1.02. The summed E-state index contributed by atoms with van der Waals surface area (Å²) in [6, 6.07) is 27.3. The Morgan fingerprint density at radius 1 is 0.585 bits per heavy atom. The van der Waals surface area contributed by atoms with Gasteiger partial charge in [0, 0.05) is 12.8 Å². The lowest BCUT2D eigenvalue weighted by Gasteiger charge is -2.17. The quantitative estimate of drug-likeness (QED) is 0.208. The second-order valence-electron chi connectivity index (χ2n) is 10.6. The third kappa shape index (κ3) is 3.48. The van der Waals surface area contributed by atoms with Gasteiger partial charge in [0.2, 0.25) is 11.8 Å². The number of hydrogen-bond acceptors (Lipinski definition) is 2. The zero-order valence-electron chi connectivity index (χ0n) is 21.7. The van der Waals surface area contributed by atoms with Crippen molar-refractivity contribution in [2.75, 3.05) is 4.90 Å². The van der Waals surface area contributed by atoms with Crippen LogP contribution in [-0.2, 0) is 9.59 Å². The van der Waals surface area contributed by atoms with Crippen molar-refractivity contribution in [2.45, 2.75) is 12.8 Å². The van der Waals surface area contributed by atoms with Crippen LogP contribution in [0, 0.1) is 11.6 Å². The summed E-state index contributed by atoms with van der Waals surface area (Å²) in [5, 5.41) is 2.07. The van der Waals surface area contributed by atoms with E-state index >= 15 is 0 Å². The molecule has 0 radical (unpaired) electrons. The predicted octanol–water partition coefficient (Wildman–Crippen LogP) is 8.40. The normalized spacial score (nSPS) is 15.2. The first-order valence-corrected chi connectivity index (χ1v) is 13.5. The SMILES string of the molecule is O=C1CCC(=O)N1c1ccc(-c2cc3c(c4ccccc24)C(=C2c4cc(F)ccc4-c4ccc(F)cc42)C=C3)cc1. The molecule has 196 valence electrons. The van der Waals surface area contributed by atoms with Gasteiger partial charge in [0.15, 0.2) is 0 Å². The van der Waals surface area contributed by atoms with Crippen molar-refractivity contribution in [3.05, 3.63) is 131 Å². The number of imide groups is 1. The Balaban J connectivity index is 1.33. The largest absolute Gasteiger partial charge is 0.274 e. The molecule has 3 nitrogen and oxygen atoms in total. The van der Waals surface area contributed by atoms with Gasteiger partial charge >= 0.3 is 0 Å². The second-order valence-corrected chi connectivity index (χ2v) is 10.6. The van der Waals surface area contributed by atoms with Gasteiger partial charge in [0.05, 0.1) is 5.69 Å². The van der Waals surface area contributed by atoms with Crippen LogP contribution in [0.3, 0.4) is 0 Å². The zero-order valence-corrected chi connectivity index (χ0v) is 21.7. The minimum absolute atomic E-state index is 0.175. The number of benzene rings is 5. The summed E-state index contributed by atoms with van der Waals surface area (Å²) in [5.41, 5.74) is 9.65. The molecule has 0 unspecified atom stereocenters. The highest BCUT2D eigenvalue weighted by molar-refractivity contribution is 6.21. The van der Waals surface area contributed by atoms with Gasteiger partial charge in [-0.25, -0.2) is 8.78 Å². The Bertz CT molecular complexity index is 1980. The molecule has 1 aliphatic heterocycles. The monoisotopic (exact) mass is 537 g/mol. The molecule has 3 aliphatic rings. The van der Waals surface area contributed by atoms with Crippen molar-refractivity contribution < 1.29 is 18.4 Å². The maximum Gasteiger partial charge on any atom is 0.234 e. The number of halogens is 2. The van der Waals surface area contributed by atoms with Crippen LogP contribution in [0.4, 0.5) is 14.5 Å². The molecule has 5 heteroatoms. The fourth-order valence-corrected chi connectivity index (χ4v) is 6.54. The van der Waals surface area contributed by atoms with E-state index in [0.717, 1.165) is 66.4 Å². The Labute approximate surface area is 234 Å². The fourth-order valence-electron chi connectivity index (χ4n) is 6.54. The lowest BCUT2D eigenvalue weighted by atomic mass is 9.87.